The van der Waals surface area contributed by atoms with Gasteiger partial charge in [-0.2, -0.15) is 0 Å². The first-order valence-corrected chi connectivity index (χ1v) is 6.76. The number of hydrogen-bond donors (Lipinski definition) is 1. The minimum Gasteiger partial charge on any atom is -0.313 e. The topological polar surface area (TPSA) is 29.3 Å². The van der Waals surface area contributed by atoms with Gasteiger partial charge in [0.05, 0.1) is 5.66 Å². The number of benzene rings is 1. The lowest BCUT2D eigenvalue weighted by atomic mass is 9.81. The molecule has 2 heterocycles. The third kappa shape index (κ3) is 1.80. The molecule has 3 rings (SSSR count). The van der Waals surface area contributed by atoms with Crippen LogP contribution in [0.5, 0.6) is 0 Å². The quantitative estimate of drug-likeness (QED) is 0.845. The Kier molecular flexibility index (Phi) is 2.72. The normalized spacial score (nSPS) is 37.3. The zero-order chi connectivity index (χ0) is 11.9. The fraction of sp³-hybridized carbons (Fsp3) is 0.600. The molecular formula is C15H22N2. The molecule has 1 unspecified atom stereocenters. The second kappa shape index (κ2) is 4.11. The molecule has 2 heteroatoms. The zero-order valence-electron chi connectivity index (χ0n) is 10.6. The van der Waals surface area contributed by atoms with Crippen molar-refractivity contribution in [1.82, 2.24) is 4.90 Å². The van der Waals surface area contributed by atoms with Gasteiger partial charge in [0.2, 0.25) is 0 Å². The van der Waals surface area contributed by atoms with E-state index in [2.05, 4.69) is 42.3 Å². The van der Waals surface area contributed by atoms with Crippen molar-refractivity contribution in [2.75, 3.05) is 7.05 Å². The number of fused-ring (bicyclic) bond motifs is 2. The Morgan fingerprint density at radius 2 is 2.00 bits per heavy atom. The predicted molar refractivity (Wildman–Crippen MR) is 70.6 cm³/mol. The van der Waals surface area contributed by atoms with Crippen LogP contribution in [0.4, 0.5) is 0 Å². The van der Waals surface area contributed by atoms with Crippen LogP contribution in [0.1, 0.15) is 31.2 Å². The highest BCUT2D eigenvalue weighted by molar-refractivity contribution is 5.17. The van der Waals surface area contributed by atoms with E-state index in [1.807, 2.05) is 0 Å². The van der Waals surface area contributed by atoms with Gasteiger partial charge in [0.15, 0.2) is 0 Å². The lowest BCUT2D eigenvalue weighted by molar-refractivity contribution is 0.0294. The lowest BCUT2D eigenvalue weighted by Crippen LogP contribution is -2.60. The Balaban J connectivity index is 1.80. The molecule has 0 spiro atoms. The molecule has 0 saturated carbocycles. The van der Waals surface area contributed by atoms with Crippen molar-refractivity contribution >= 4 is 0 Å². The molecule has 0 aromatic heterocycles. The van der Waals surface area contributed by atoms with E-state index in [-0.39, 0.29) is 5.66 Å². The molecule has 2 nitrogen and oxygen atoms in total. The summed E-state index contributed by atoms with van der Waals surface area (Å²) in [6, 6.07) is 11.5. The molecule has 2 saturated heterocycles. The third-order valence-electron chi connectivity index (χ3n) is 4.96. The largest absolute Gasteiger partial charge is 0.313 e. The van der Waals surface area contributed by atoms with Gasteiger partial charge in [-0.3, -0.25) is 4.90 Å². The van der Waals surface area contributed by atoms with Crippen LogP contribution < -0.4 is 5.73 Å². The number of hydrogen-bond acceptors (Lipinski definition) is 2. The molecule has 0 aliphatic carbocycles. The van der Waals surface area contributed by atoms with Crippen LogP contribution in [0, 0.1) is 5.92 Å². The smallest absolute Gasteiger partial charge is 0.0719 e. The molecule has 1 aromatic carbocycles. The molecule has 92 valence electrons. The van der Waals surface area contributed by atoms with Crippen molar-refractivity contribution in [3.8, 4) is 0 Å². The summed E-state index contributed by atoms with van der Waals surface area (Å²) in [6.45, 7) is 0. The van der Waals surface area contributed by atoms with Crippen molar-refractivity contribution < 1.29 is 0 Å². The molecule has 2 N–H and O–H groups in total. The van der Waals surface area contributed by atoms with Gasteiger partial charge in [-0.05, 0) is 50.6 Å². The number of nitrogens with zero attached hydrogens (tertiary/aromatic N) is 1. The lowest BCUT2D eigenvalue weighted by Gasteiger charge is -2.46. The van der Waals surface area contributed by atoms with Gasteiger partial charge >= 0.3 is 0 Å². The second-order valence-electron chi connectivity index (χ2n) is 5.76. The molecule has 17 heavy (non-hydrogen) atoms. The summed E-state index contributed by atoms with van der Waals surface area (Å²) in [6.07, 6.45) is 6.21. The first-order chi connectivity index (χ1) is 8.20. The Morgan fingerprint density at radius 1 is 1.24 bits per heavy atom. The number of piperidine rings is 1. The highest BCUT2D eigenvalue weighted by atomic mass is 15.3. The molecule has 2 fully saturated rings. The Labute approximate surface area is 104 Å². The second-order valence-corrected chi connectivity index (χ2v) is 5.76. The Morgan fingerprint density at radius 3 is 2.76 bits per heavy atom. The molecule has 1 aromatic rings. The number of nitrogens with two attached hydrogens (primary N) is 1. The maximum atomic E-state index is 6.66. The van der Waals surface area contributed by atoms with Crippen LogP contribution in [0.3, 0.4) is 0 Å². The zero-order valence-corrected chi connectivity index (χ0v) is 10.6. The molecule has 0 radical (unpaired) electrons. The summed E-state index contributed by atoms with van der Waals surface area (Å²) >= 11 is 0. The van der Waals surface area contributed by atoms with Crippen molar-refractivity contribution in [3.05, 3.63) is 35.9 Å². The molecule has 0 amide bonds. The molecule has 3 atom stereocenters. The maximum absolute atomic E-state index is 6.66. The summed E-state index contributed by atoms with van der Waals surface area (Å²) in [4.78, 5) is 2.45. The molecular weight excluding hydrogens is 208 g/mol. The monoisotopic (exact) mass is 230 g/mol. The summed E-state index contributed by atoms with van der Waals surface area (Å²) in [7, 11) is 2.22. The van der Waals surface area contributed by atoms with E-state index in [1.54, 1.807) is 0 Å². The minimum absolute atomic E-state index is 0.0429. The van der Waals surface area contributed by atoms with E-state index < -0.39 is 0 Å². The summed E-state index contributed by atoms with van der Waals surface area (Å²) < 4.78 is 0. The van der Waals surface area contributed by atoms with Crippen molar-refractivity contribution in [1.29, 1.82) is 0 Å². The summed E-state index contributed by atoms with van der Waals surface area (Å²) in [5.41, 5.74) is 8.05. The van der Waals surface area contributed by atoms with Crippen LogP contribution >= 0.6 is 0 Å². The standard InChI is InChI=1S/C15H22N2/c1-17-14-8-7-13(15(17,16)10-9-14)11-12-5-3-2-4-6-12/h2-6,13-14H,7-11,16H2,1H3/t13?,14-,15-/m1/s1. The van der Waals surface area contributed by atoms with Gasteiger partial charge in [-0.25, -0.2) is 0 Å². The molecule has 2 aliphatic rings. The van der Waals surface area contributed by atoms with Crippen molar-refractivity contribution in [3.63, 3.8) is 0 Å². The highest BCUT2D eigenvalue weighted by Gasteiger charge is 2.49. The van der Waals surface area contributed by atoms with Crippen LogP contribution in [0.15, 0.2) is 30.3 Å². The summed E-state index contributed by atoms with van der Waals surface area (Å²) in [5, 5.41) is 0. The van der Waals surface area contributed by atoms with Crippen molar-refractivity contribution in [2.24, 2.45) is 11.7 Å². The van der Waals surface area contributed by atoms with Gasteiger partial charge in [0.1, 0.15) is 0 Å². The first-order valence-electron chi connectivity index (χ1n) is 6.76. The van der Waals surface area contributed by atoms with Gasteiger partial charge in [0, 0.05) is 6.04 Å². The van der Waals surface area contributed by atoms with Crippen LogP contribution in [-0.4, -0.2) is 23.7 Å². The molecule has 2 aliphatic heterocycles. The molecule has 2 bridgehead atoms. The van der Waals surface area contributed by atoms with Crippen molar-refractivity contribution in [2.45, 2.75) is 43.8 Å². The van der Waals surface area contributed by atoms with Gasteiger partial charge in [-0.1, -0.05) is 30.3 Å². The van der Waals surface area contributed by atoms with E-state index in [0.29, 0.717) is 5.92 Å². The van der Waals surface area contributed by atoms with Gasteiger partial charge in [-0.15, -0.1) is 0 Å². The van der Waals surface area contributed by atoms with Crippen LogP contribution in [-0.2, 0) is 6.42 Å². The average Bonchev–Trinajstić information content (AvgIpc) is 2.54. The third-order valence-corrected chi connectivity index (χ3v) is 4.96. The average molecular weight is 230 g/mol. The minimum atomic E-state index is -0.0429. The Hall–Kier alpha value is -0.860. The van der Waals surface area contributed by atoms with Crippen LogP contribution in [0.2, 0.25) is 0 Å². The fourth-order valence-corrected chi connectivity index (χ4v) is 3.76. The maximum Gasteiger partial charge on any atom is 0.0719 e. The highest BCUT2D eigenvalue weighted by Crippen LogP contribution is 2.44. The van der Waals surface area contributed by atoms with E-state index in [1.165, 1.54) is 31.2 Å². The fourth-order valence-electron chi connectivity index (χ4n) is 3.76. The number of rotatable bonds is 2. The van der Waals surface area contributed by atoms with Gasteiger partial charge < -0.3 is 5.73 Å². The van der Waals surface area contributed by atoms with E-state index in [0.717, 1.165) is 12.5 Å². The van der Waals surface area contributed by atoms with E-state index >= 15 is 0 Å². The predicted octanol–water partition coefficient (Wildman–Crippen LogP) is 2.39. The summed E-state index contributed by atoms with van der Waals surface area (Å²) in [5.74, 6) is 0.619. The van der Waals surface area contributed by atoms with Crippen LogP contribution in [0.25, 0.3) is 0 Å². The van der Waals surface area contributed by atoms with E-state index in [9.17, 15) is 0 Å². The Bertz CT molecular complexity index is 389. The first kappa shape index (κ1) is 11.2. The van der Waals surface area contributed by atoms with E-state index in [4.69, 9.17) is 5.73 Å². The SMILES string of the molecule is CN1[C@@H]2CCC(Cc3ccccc3)[C@@]1(N)CC2. The van der Waals surface area contributed by atoms with Gasteiger partial charge in [0.25, 0.3) is 0 Å².